The van der Waals surface area contributed by atoms with E-state index in [0.29, 0.717) is 17.8 Å². The summed E-state index contributed by atoms with van der Waals surface area (Å²) in [4.78, 5) is 4.40. The Morgan fingerprint density at radius 3 is 2.33 bits per heavy atom. The summed E-state index contributed by atoms with van der Waals surface area (Å²) < 4.78 is 0. The monoisotopic (exact) mass is 356 g/mol. The predicted molar refractivity (Wildman–Crippen MR) is 110 cm³/mol. The van der Waals surface area contributed by atoms with E-state index < -0.39 is 0 Å². The SMILES string of the molecule is Cc1ccc(C=Nc2n[nH]c(Cc3ccc(C(C)(C)C)cc3)c2C#N)cc1. The highest BCUT2D eigenvalue weighted by molar-refractivity contribution is 5.82. The molecule has 0 saturated heterocycles. The molecule has 136 valence electrons. The van der Waals surface area contributed by atoms with E-state index in [2.05, 4.69) is 66.3 Å². The average molecular weight is 356 g/mol. The van der Waals surface area contributed by atoms with Crippen molar-refractivity contribution in [2.75, 3.05) is 0 Å². The summed E-state index contributed by atoms with van der Waals surface area (Å²) in [6.45, 7) is 8.64. The van der Waals surface area contributed by atoms with Crippen molar-refractivity contribution < 1.29 is 0 Å². The van der Waals surface area contributed by atoms with Gasteiger partial charge in [0.2, 0.25) is 0 Å². The second-order valence-electron chi connectivity index (χ2n) is 7.81. The molecule has 3 aromatic rings. The topological polar surface area (TPSA) is 64.8 Å². The number of hydrogen-bond acceptors (Lipinski definition) is 3. The maximum atomic E-state index is 9.57. The van der Waals surface area contributed by atoms with Crippen molar-refractivity contribution in [3.05, 3.63) is 82.0 Å². The maximum absolute atomic E-state index is 9.57. The van der Waals surface area contributed by atoms with Crippen LogP contribution in [0.25, 0.3) is 0 Å². The lowest BCUT2D eigenvalue weighted by molar-refractivity contribution is 0.590. The molecule has 1 N–H and O–H groups in total. The minimum absolute atomic E-state index is 0.127. The molecule has 0 atom stereocenters. The van der Waals surface area contributed by atoms with Crippen molar-refractivity contribution in [1.82, 2.24) is 10.2 Å². The van der Waals surface area contributed by atoms with Gasteiger partial charge in [-0.2, -0.15) is 10.4 Å². The zero-order chi connectivity index (χ0) is 19.4. The van der Waals surface area contributed by atoms with Gasteiger partial charge in [0.25, 0.3) is 0 Å². The molecule has 0 radical (unpaired) electrons. The van der Waals surface area contributed by atoms with E-state index in [1.807, 2.05) is 31.2 Å². The normalized spacial score (nSPS) is 11.7. The van der Waals surface area contributed by atoms with Crippen LogP contribution in [-0.2, 0) is 11.8 Å². The van der Waals surface area contributed by atoms with E-state index in [1.54, 1.807) is 6.21 Å². The number of benzene rings is 2. The fraction of sp³-hybridized carbons (Fsp3) is 0.261. The molecular weight excluding hydrogens is 332 g/mol. The molecule has 0 aliphatic carbocycles. The highest BCUT2D eigenvalue weighted by Crippen LogP contribution is 2.24. The van der Waals surface area contributed by atoms with Crippen LogP contribution in [0, 0.1) is 18.3 Å². The van der Waals surface area contributed by atoms with Crippen LogP contribution < -0.4 is 0 Å². The zero-order valence-corrected chi connectivity index (χ0v) is 16.2. The molecule has 0 aliphatic rings. The lowest BCUT2D eigenvalue weighted by Crippen LogP contribution is -2.10. The summed E-state index contributed by atoms with van der Waals surface area (Å²) in [5.74, 6) is 0.430. The van der Waals surface area contributed by atoms with Crippen LogP contribution in [0.2, 0.25) is 0 Å². The maximum Gasteiger partial charge on any atom is 0.191 e. The van der Waals surface area contributed by atoms with Crippen LogP contribution >= 0.6 is 0 Å². The second kappa shape index (κ2) is 7.59. The number of rotatable bonds is 4. The van der Waals surface area contributed by atoms with Gasteiger partial charge in [-0.25, -0.2) is 4.99 Å². The van der Waals surface area contributed by atoms with Gasteiger partial charge in [0.1, 0.15) is 11.6 Å². The molecule has 1 heterocycles. The first-order chi connectivity index (χ1) is 12.9. The van der Waals surface area contributed by atoms with Crippen LogP contribution in [0.15, 0.2) is 53.5 Å². The molecular formula is C23H24N4. The van der Waals surface area contributed by atoms with Gasteiger partial charge in [0.05, 0.1) is 5.69 Å². The average Bonchev–Trinajstić information content (AvgIpc) is 3.02. The fourth-order valence-corrected chi connectivity index (χ4v) is 2.82. The molecule has 4 heteroatoms. The standard InChI is InChI=1S/C23H24N4/c1-16-5-7-18(8-6-16)15-25-22-20(14-24)21(26-27-22)13-17-9-11-19(12-10-17)23(2,3)4/h5-12,15H,13H2,1-4H3,(H,26,27). The lowest BCUT2D eigenvalue weighted by atomic mass is 9.86. The van der Waals surface area contributed by atoms with Crippen LogP contribution in [0.4, 0.5) is 5.82 Å². The summed E-state index contributed by atoms with van der Waals surface area (Å²) in [7, 11) is 0. The Morgan fingerprint density at radius 2 is 1.74 bits per heavy atom. The molecule has 0 bridgehead atoms. The molecule has 0 fully saturated rings. The largest absolute Gasteiger partial charge is 0.279 e. The van der Waals surface area contributed by atoms with E-state index >= 15 is 0 Å². The van der Waals surface area contributed by atoms with Crippen molar-refractivity contribution in [3.63, 3.8) is 0 Å². The van der Waals surface area contributed by atoms with Gasteiger partial charge in [-0.05, 0) is 29.0 Å². The number of aromatic amines is 1. The number of nitriles is 1. The third-order valence-corrected chi connectivity index (χ3v) is 4.55. The van der Waals surface area contributed by atoms with Crippen molar-refractivity contribution in [2.24, 2.45) is 4.99 Å². The minimum Gasteiger partial charge on any atom is -0.279 e. The number of aryl methyl sites for hydroxylation is 1. The summed E-state index contributed by atoms with van der Waals surface area (Å²) in [5.41, 5.74) is 6.02. The Kier molecular flexibility index (Phi) is 5.23. The number of hydrogen-bond donors (Lipinski definition) is 1. The van der Waals surface area contributed by atoms with Crippen molar-refractivity contribution in [3.8, 4) is 6.07 Å². The minimum atomic E-state index is 0.127. The Balaban J connectivity index is 1.80. The van der Waals surface area contributed by atoms with Gasteiger partial charge < -0.3 is 0 Å². The number of H-pyrrole nitrogens is 1. The molecule has 0 amide bonds. The smallest absolute Gasteiger partial charge is 0.191 e. The van der Waals surface area contributed by atoms with Crippen molar-refractivity contribution in [2.45, 2.75) is 39.5 Å². The van der Waals surface area contributed by atoms with E-state index in [1.165, 1.54) is 11.1 Å². The van der Waals surface area contributed by atoms with E-state index in [9.17, 15) is 5.26 Å². The van der Waals surface area contributed by atoms with Gasteiger partial charge in [0.15, 0.2) is 5.82 Å². The Morgan fingerprint density at radius 1 is 1.07 bits per heavy atom. The zero-order valence-electron chi connectivity index (χ0n) is 16.2. The number of nitrogens with one attached hydrogen (secondary N) is 1. The Bertz CT molecular complexity index is 979. The highest BCUT2D eigenvalue weighted by atomic mass is 15.2. The van der Waals surface area contributed by atoms with Gasteiger partial charge >= 0.3 is 0 Å². The van der Waals surface area contributed by atoms with Crippen LogP contribution in [0.5, 0.6) is 0 Å². The van der Waals surface area contributed by atoms with Crippen LogP contribution in [0.3, 0.4) is 0 Å². The molecule has 0 saturated carbocycles. The second-order valence-corrected chi connectivity index (χ2v) is 7.81. The summed E-state index contributed by atoms with van der Waals surface area (Å²) >= 11 is 0. The molecule has 4 nitrogen and oxygen atoms in total. The number of aromatic nitrogens is 2. The summed E-state index contributed by atoms with van der Waals surface area (Å²) in [6.07, 6.45) is 2.36. The van der Waals surface area contributed by atoms with Gasteiger partial charge in [-0.3, -0.25) is 5.10 Å². The quantitative estimate of drug-likeness (QED) is 0.651. The van der Waals surface area contributed by atoms with Crippen molar-refractivity contribution >= 4 is 12.0 Å². The van der Waals surface area contributed by atoms with Gasteiger partial charge in [-0.1, -0.05) is 74.9 Å². The fourth-order valence-electron chi connectivity index (χ4n) is 2.82. The van der Waals surface area contributed by atoms with Crippen LogP contribution in [0.1, 0.15) is 54.3 Å². The molecule has 0 aliphatic heterocycles. The molecule has 3 rings (SSSR count). The summed E-state index contributed by atoms with van der Waals surface area (Å²) in [5, 5.41) is 16.8. The first-order valence-corrected chi connectivity index (χ1v) is 9.04. The molecule has 27 heavy (non-hydrogen) atoms. The van der Waals surface area contributed by atoms with E-state index in [0.717, 1.165) is 16.8 Å². The first-order valence-electron chi connectivity index (χ1n) is 9.04. The molecule has 0 spiro atoms. The summed E-state index contributed by atoms with van der Waals surface area (Å²) in [6, 6.07) is 18.8. The van der Waals surface area contributed by atoms with Crippen molar-refractivity contribution in [1.29, 1.82) is 5.26 Å². The Labute approximate surface area is 160 Å². The van der Waals surface area contributed by atoms with E-state index in [4.69, 9.17) is 0 Å². The number of aliphatic imine (C=N–C) groups is 1. The lowest BCUT2D eigenvalue weighted by Gasteiger charge is -2.19. The predicted octanol–water partition coefficient (Wildman–Crippen LogP) is 5.23. The molecule has 1 aromatic heterocycles. The number of nitrogens with zero attached hydrogens (tertiary/aromatic N) is 3. The highest BCUT2D eigenvalue weighted by Gasteiger charge is 2.15. The third-order valence-electron chi connectivity index (χ3n) is 4.55. The molecule has 2 aromatic carbocycles. The molecule has 0 unspecified atom stereocenters. The third kappa shape index (κ3) is 4.51. The van der Waals surface area contributed by atoms with Crippen LogP contribution in [-0.4, -0.2) is 16.4 Å². The van der Waals surface area contributed by atoms with Gasteiger partial charge in [-0.15, -0.1) is 0 Å². The van der Waals surface area contributed by atoms with Gasteiger partial charge in [0, 0.05) is 12.6 Å². The Hall–Kier alpha value is -3.19. The van der Waals surface area contributed by atoms with E-state index in [-0.39, 0.29) is 5.41 Å². The first kappa shape index (κ1) is 18.6.